The van der Waals surface area contributed by atoms with Crippen LogP contribution in [-0.4, -0.2) is 34.8 Å². The maximum absolute atomic E-state index is 5.62. The first-order chi connectivity index (χ1) is 10.2. The smallest absolute Gasteiger partial charge is 0.264 e. The Hall–Kier alpha value is -2.42. The largest absolute Gasteiger partial charge is 0.493 e. The standard InChI is InChI=1S/C12H16N6O2S/c1-3-20-9-5-4-8(6-10(9)19-2)7-14-15-11-16-17-12(21)18(11)13/h4-7H,3,13H2,1-2H3,(H,15,16)(H,17,21). The Morgan fingerprint density at radius 1 is 1.43 bits per heavy atom. The van der Waals surface area contributed by atoms with Crippen molar-refractivity contribution in [3.8, 4) is 11.5 Å². The number of aromatic nitrogens is 3. The van der Waals surface area contributed by atoms with Gasteiger partial charge in [-0.05, 0) is 30.7 Å². The number of thiol groups is 1. The molecule has 0 unspecified atom stereocenters. The first-order valence-corrected chi connectivity index (χ1v) is 6.59. The van der Waals surface area contributed by atoms with Crippen LogP contribution >= 0.6 is 12.6 Å². The fraction of sp³-hybridized carbons (Fsp3) is 0.250. The molecule has 0 aliphatic carbocycles. The van der Waals surface area contributed by atoms with Gasteiger partial charge in [0.15, 0.2) is 11.5 Å². The molecule has 0 fully saturated rings. The number of nitrogen functional groups attached to an aromatic ring is 1. The summed E-state index contributed by atoms with van der Waals surface area (Å²) in [6.07, 6.45) is 1.60. The van der Waals surface area contributed by atoms with Gasteiger partial charge in [-0.3, -0.25) is 0 Å². The molecule has 9 heteroatoms. The molecule has 1 aromatic carbocycles. The molecule has 2 aromatic rings. The van der Waals surface area contributed by atoms with Crippen LogP contribution in [-0.2, 0) is 0 Å². The number of anilines is 1. The number of nitrogens with zero attached hydrogens (tertiary/aromatic N) is 4. The molecule has 21 heavy (non-hydrogen) atoms. The minimum atomic E-state index is 0.286. The average Bonchev–Trinajstić information content (AvgIpc) is 2.81. The number of hydrazone groups is 1. The van der Waals surface area contributed by atoms with E-state index in [-0.39, 0.29) is 11.1 Å². The second kappa shape index (κ2) is 6.84. The molecular weight excluding hydrogens is 292 g/mol. The molecule has 1 aromatic heterocycles. The Kier molecular flexibility index (Phi) is 4.88. The normalized spacial score (nSPS) is 10.8. The number of ether oxygens (including phenoxy) is 2. The molecule has 0 saturated carbocycles. The molecule has 0 aliphatic heterocycles. The third kappa shape index (κ3) is 3.57. The summed E-state index contributed by atoms with van der Waals surface area (Å²) in [4.78, 5) is 0. The third-order valence-electron chi connectivity index (χ3n) is 2.54. The molecule has 3 N–H and O–H groups in total. The maximum Gasteiger partial charge on any atom is 0.264 e. The van der Waals surface area contributed by atoms with E-state index < -0.39 is 0 Å². The minimum Gasteiger partial charge on any atom is -0.493 e. The van der Waals surface area contributed by atoms with Gasteiger partial charge in [-0.1, -0.05) is 0 Å². The number of nitrogens with one attached hydrogen (secondary N) is 1. The number of benzene rings is 1. The van der Waals surface area contributed by atoms with E-state index in [1.165, 1.54) is 4.68 Å². The van der Waals surface area contributed by atoms with E-state index >= 15 is 0 Å². The zero-order chi connectivity index (χ0) is 15.2. The van der Waals surface area contributed by atoms with E-state index in [0.29, 0.717) is 18.1 Å². The van der Waals surface area contributed by atoms with E-state index in [9.17, 15) is 0 Å². The van der Waals surface area contributed by atoms with Crippen molar-refractivity contribution in [1.82, 2.24) is 14.9 Å². The zero-order valence-electron chi connectivity index (χ0n) is 11.6. The van der Waals surface area contributed by atoms with Crippen LogP contribution < -0.4 is 20.7 Å². The van der Waals surface area contributed by atoms with Crippen molar-refractivity contribution in [1.29, 1.82) is 0 Å². The van der Waals surface area contributed by atoms with Gasteiger partial charge < -0.3 is 15.3 Å². The van der Waals surface area contributed by atoms with Gasteiger partial charge in [0, 0.05) is 0 Å². The van der Waals surface area contributed by atoms with Gasteiger partial charge in [0.25, 0.3) is 5.95 Å². The van der Waals surface area contributed by atoms with Crippen LogP contribution in [0.4, 0.5) is 5.95 Å². The summed E-state index contributed by atoms with van der Waals surface area (Å²) in [6.45, 7) is 2.49. The Labute approximate surface area is 127 Å². The highest BCUT2D eigenvalue weighted by atomic mass is 32.1. The summed E-state index contributed by atoms with van der Waals surface area (Å²) in [7, 11) is 1.59. The highest BCUT2D eigenvalue weighted by molar-refractivity contribution is 7.80. The monoisotopic (exact) mass is 308 g/mol. The summed E-state index contributed by atoms with van der Waals surface area (Å²) in [6, 6.07) is 5.49. The first kappa shape index (κ1) is 15.0. The summed E-state index contributed by atoms with van der Waals surface area (Å²) < 4.78 is 11.9. The Balaban J connectivity index is 2.08. The Morgan fingerprint density at radius 3 is 2.86 bits per heavy atom. The molecule has 0 saturated heterocycles. The lowest BCUT2D eigenvalue weighted by Crippen LogP contribution is -2.12. The summed E-state index contributed by atoms with van der Waals surface area (Å²) in [5.74, 6) is 7.24. The van der Waals surface area contributed by atoms with Gasteiger partial charge in [0.1, 0.15) is 0 Å². The second-order valence-corrected chi connectivity index (χ2v) is 4.31. The predicted octanol–water partition coefficient (Wildman–Crippen LogP) is 1.13. The lowest BCUT2D eigenvalue weighted by Gasteiger charge is -2.09. The number of rotatable bonds is 6. The molecule has 0 amide bonds. The van der Waals surface area contributed by atoms with Crippen molar-refractivity contribution in [2.45, 2.75) is 12.1 Å². The van der Waals surface area contributed by atoms with Crippen LogP contribution in [0.15, 0.2) is 28.5 Å². The topological polar surface area (TPSA) is 99.6 Å². The van der Waals surface area contributed by atoms with Crippen molar-refractivity contribution in [2.75, 3.05) is 25.0 Å². The van der Waals surface area contributed by atoms with Gasteiger partial charge in [-0.2, -0.15) is 5.10 Å². The highest BCUT2D eigenvalue weighted by Gasteiger charge is 2.05. The number of hydrogen-bond donors (Lipinski definition) is 3. The fourth-order valence-electron chi connectivity index (χ4n) is 1.56. The lowest BCUT2D eigenvalue weighted by molar-refractivity contribution is 0.311. The quantitative estimate of drug-likeness (QED) is 0.320. The van der Waals surface area contributed by atoms with Crippen molar-refractivity contribution in [2.24, 2.45) is 5.10 Å². The average molecular weight is 308 g/mol. The third-order valence-corrected chi connectivity index (χ3v) is 2.85. The Bertz CT molecular complexity index is 643. The minimum absolute atomic E-state index is 0.286. The van der Waals surface area contributed by atoms with Gasteiger partial charge in [0.2, 0.25) is 5.16 Å². The Morgan fingerprint density at radius 2 is 2.24 bits per heavy atom. The molecule has 2 rings (SSSR count). The van der Waals surface area contributed by atoms with Crippen molar-refractivity contribution < 1.29 is 9.47 Å². The van der Waals surface area contributed by atoms with E-state index in [4.69, 9.17) is 15.3 Å². The van der Waals surface area contributed by atoms with E-state index in [1.807, 2.05) is 25.1 Å². The molecule has 0 aliphatic rings. The predicted molar refractivity (Wildman–Crippen MR) is 82.8 cm³/mol. The zero-order valence-corrected chi connectivity index (χ0v) is 12.5. The molecule has 0 atom stereocenters. The molecule has 1 heterocycles. The van der Waals surface area contributed by atoms with E-state index in [1.54, 1.807) is 13.3 Å². The molecule has 112 valence electrons. The van der Waals surface area contributed by atoms with Crippen LogP contribution in [0.5, 0.6) is 11.5 Å². The summed E-state index contributed by atoms with van der Waals surface area (Å²) >= 11 is 4.01. The van der Waals surface area contributed by atoms with Crippen LogP contribution in [0.1, 0.15) is 12.5 Å². The van der Waals surface area contributed by atoms with Gasteiger partial charge in [0.05, 0.1) is 19.9 Å². The van der Waals surface area contributed by atoms with Gasteiger partial charge in [-0.15, -0.1) is 22.8 Å². The van der Waals surface area contributed by atoms with Crippen molar-refractivity contribution in [3.05, 3.63) is 23.8 Å². The van der Waals surface area contributed by atoms with Gasteiger partial charge >= 0.3 is 0 Å². The van der Waals surface area contributed by atoms with Crippen LogP contribution in [0.25, 0.3) is 0 Å². The lowest BCUT2D eigenvalue weighted by atomic mass is 10.2. The highest BCUT2D eigenvalue weighted by Crippen LogP contribution is 2.27. The summed E-state index contributed by atoms with van der Waals surface area (Å²) in [5.41, 5.74) is 3.50. The molecule has 8 nitrogen and oxygen atoms in total. The van der Waals surface area contributed by atoms with E-state index in [2.05, 4.69) is 33.4 Å². The van der Waals surface area contributed by atoms with Crippen molar-refractivity contribution >= 4 is 24.8 Å². The van der Waals surface area contributed by atoms with Crippen LogP contribution in [0.3, 0.4) is 0 Å². The van der Waals surface area contributed by atoms with Crippen LogP contribution in [0.2, 0.25) is 0 Å². The SMILES string of the molecule is CCOc1ccc(C=NNc2nnc(S)n2N)cc1OC. The number of methoxy groups -OCH3 is 1. The fourth-order valence-corrected chi connectivity index (χ4v) is 1.70. The molecule has 0 radical (unpaired) electrons. The molecule has 0 bridgehead atoms. The first-order valence-electron chi connectivity index (χ1n) is 6.15. The molecule has 0 spiro atoms. The van der Waals surface area contributed by atoms with Gasteiger partial charge in [-0.25, -0.2) is 10.1 Å². The van der Waals surface area contributed by atoms with Crippen LogP contribution in [0, 0.1) is 0 Å². The van der Waals surface area contributed by atoms with E-state index in [0.717, 1.165) is 5.56 Å². The molecular formula is C12H16N6O2S. The number of nitrogens with two attached hydrogens (primary N) is 1. The summed E-state index contributed by atoms with van der Waals surface area (Å²) in [5, 5.41) is 11.8. The maximum atomic E-state index is 5.62. The van der Waals surface area contributed by atoms with Crippen molar-refractivity contribution in [3.63, 3.8) is 0 Å². The second-order valence-electron chi connectivity index (χ2n) is 3.91. The number of hydrogen-bond acceptors (Lipinski definition) is 8.